The Morgan fingerprint density at radius 3 is 2.57 bits per heavy atom. The van der Waals surface area contributed by atoms with Gasteiger partial charge in [0.05, 0.1) is 5.92 Å². The molecule has 5 nitrogen and oxygen atoms in total. The summed E-state index contributed by atoms with van der Waals surface area (Å²) in [6.07, 6.45) is 4.88. The molecule has 0 heterocycles. The topological polar surface area (TPSA) is 81.4 Å². The van der Waals surface area contributed by atoms with Gasteiger partial charge in [0.25, 0.3) is 5.91 Å². The van der Waals surface area contributed by atoms with Crippen LogP contribution in [0.1, 0.15) is 12.8 Å². The van der Waals surface area contributed by atoms with E-state index in [1.807, 2.05) is 12.2 Å². The summed E-state index contributed by atoms with van der Waals surface area (Å²) in [6.45, 7) is -0.197. The van der Waals surface area contributed by atoms with Crippen LogP contribution in [0.3, 0.4) is 0 Å². The maximum absolute atomic E-state index is 12.7. The molecule has 0 aliphatic heterocycles. The van der Waals surface area contributed by atoms with Crippen LogP contribution in [0.5, 0.6) is 5.75 Å². The van der Waals surface area contributed by atoms with Crippen LogP contribution in [-0.4, -0.2) is 24.5 Å². The first-order chi connectivity index (χ1) is 10.1. The molecule has 3 N–H and O–H groups in total. The fourth-order valence-electron chi connectivity index (χ4n) is 2.22. The number of hydrogen-bond donors (Lipinski definition) is 2. The van der Waals surface area contributed by atoms with Gasteiger partial charge in [0.15, 0.2) is 6.61 Å². The summed E-state index contributed by atoms with van der Waals surface area (Å²) in [5.74, 6) is -1.13. The van der Waals surface area contributed by atoms with Crippen LogP contribution in [0.15, 0.2) is 36.4 Å². The van der Waals surface area contributed by atoms with Gasteiger partial charge in [-0.15, -0.1) is 0 Å². The van der Waals surface area contributed by atoms with E-state index < -0.39 is 11.8 Å². The number of benzene rings is 1. The van der Waals surface area contributed by atoms with Crippen LogP contribution in [0.4, 0.5) is 4.39 Å². The normalized spacial score (nSPS) is 20.8. The molecule has 0 saturated heterocycles. The van der Waals surface area contributed by atoms with Crippen LogP contribution in [0.25, 0.3) is 0 Å². The summed E-state index contributed by atoms with van der Waals surface area (Å²) >= 11 is 0. The zero-order chi connectivity index (χ0) is 15.2. The van der Waals surface area contributed by atoms with Gasteiger partial charge in [0, 0.05) is 6.04 Å². The highest BCUT2D eigenvalue weighted by atomic mass is 19.1. The number of nitrogens with two attached hydrogens (primary N) is 1. The van der Waals surface area contributed by atoms with Gasteiger partial charge in [-0.1, -0.05) is 12.2 Å². The third-order valence-electron chi connectivity index (χ3n) is 3.33. The number of carbonyl (C=O) groups is 2. The molecule has 21 heavy (non-hydrogen) atoms. The van der Waals surface area contributed by atoms with E-state index in [1.165, 1.54) is 24.3 Å². The molecule has 1 aromatic rings. The molecular weight excluding hydrogens is 275 g/mol. The lowest BCUT2D eigenvalue weighted by molar-refractivity contribution is -0.126. The SMILES string of the molecule is NC(=O)[C@@H]1CC=CC[C@H]1NC(=O)COc1ccc(F)cc1. The second kappa shape index (κ2) is 6.88. The summed E-state index contributed by atoms with van der Waals surface area (Å²) < 4.78 is 18.0. The summed E-state index contributed by atoms with van der Waals surface area (Å²) in [4.78, 5) is 23.2. The van der Waals surface area contributed by atoms with Gasteiger partial charge >= 0.3 is 0 Å². The number of nitrogens with one attached hydrogen (secondary N) is 1. The average Bonchev–Trinajstić information content (AvgIpc) is 2.47. The molecule has 0 fully saturated rings. The van der Waals surface area contributed by atoms with E-state index in [2.05, 4.69) is 5.32 Å². The largest absolute Gasteiger partial charge is 0.484 e. The van der Waals surface area contributed by atoms with E-state index in [9.17, 15) is 14.0 Å². The highest BCUT2D eigenvalue weighted by Gasteiger charge is 2.28. The molecule has 2 amide bonds. The first-order valence-electron chi connectivity index (χ1n) is 6.68. The van der Waals surface area contributed by atoms with Crippen LogP contribution in [-0.2, 0) is 9.59 Å². The monoisotopic (exact) mass is 292 g/mol. The van der Waals surface area contributed by atoms with Crippen LogP contribution < -0.4 is 15.8 Å². The van der Waals surface area contributed by atoms with E-state index in [1.54, 1.807) is 0 Å². The van der Waals surface area contributed by atoms with E-state index in [-0.39, 0.29) is 24.4 Å². The number of rotatable bonds is 5. The molecule has 6 heteroatoms. The highest BCUT2D eigenvalue weighted by Crippen LogP contribution is 2.18. The van der Waals surface area contributed by atoms with Crippen molar-refractivity contribution in [3.8, 4) is 5.75 Å². The Hall–Kier alpha value is -2.37. The van der Waals surface area contributed by atoms with Gasteiger partial charge in [0.1, 0.15) is 11.6 Å². The van der Waals surface area contributed by atoms with Crippen molar-refractivity contribution in [3.05, 3.63) is 42.2 Å². The van der Waals surface area contributed by atoms with Gasteiger partial charge in [0.2, 0.25) is 5.91 Å². The molecular formula is C15H17FN2O3. The Labute approximate surface area is 122 Å². The second-order valence-corrected chi connectivity index (χ2v) is 4.87. The number of primary amides is 1. The van der Waals surface area contributed by atoms with Crippen molar-refractivity contribution in [3.63, 3.8) is 0 Å². The number of halogens is 1. The smallest absolute Gasteiger partial charge is 0.258 e. The van der Waals surface area contributed by atoms with Gasteiger partial charge in [-0.3, -0.25) is 9.59 Å². The molecule has 0 bridgehead atoms. The minimum absolute atomic E-state index is 0.197. The molecule has 0 aromatic heterocycles. The Bertz CT molecular complexity index is 542. The predicted octanol–water partition coefficient (Wildman–Crippen LogP) is 1.14. The first kappa shape index (κ1) is 15.0. The molecule has 1 aliphatic rings. The summed E-state index contributed by atoms with van der Waals surface area (Å²) in [5, 5.41) is 2.74. The molecule has 0 saturated carbocycles. The predicted molar refractivity (Wildman–Crippen MR) is 74.9 cm³/mol. The number of carbonyl (C=O) groups excluding carboxylic acids is 2. The fourth-order valence-corrected chi connectivity index (χ4v) is 2.22. The fraction of sp³-hybridized carbons (Fsp3) is 0.333. The van der Waals surface area contributed by atoms with Gasteiger partial charge < -0.3 is 15.8 Å². The van der Waals surface area contributed by atoms with Crippen molar-refractivity contribution >= 4 is 11.8 Å². The van der Waals surface area contributed by atoms with E-state index in [0.29, 0.717) is 18.6 Å². The molecule has 2 rings (SSSR count). The van der Waals surface area contributed by atoms with E-state index in [0.717, 1.165) is 0 Å². The summed E-state index contributed by atoms with van der Waals surface area (Å²) in [7, 11) is 0. The number of hydrogen-bond acceptors (Lipinski definition) is 3. The van der Waals surface area contributed by atoms with Crippen molar-refractivity contribution < 1.29 is 18.7 Å². The molecule has 1 aliphatic carbocycles. The minimum atomic E-state index is -0.427. The van der Waals surface area contributed by atoms with Gasteiger partial charge in [-0.2, -0.15) is 0 Å². The van der Waals surface area contributed by atoms with Crippen LogP contribution >= 0.6 is 0 Å². The van der Waals surface area contributed by atoms with E-state index in [4.69, 9.17) is 10.5 Å². The summed E-state index contributed by atoms with van der Waals surface area (Å²) in [6, 6.07) is 5.08. The number of amides is 2. The lowest BCUT2D eigenvalue weighted by atomic mass is 9.88. The van der Waals surface area contributed by atoms with Gasteiger partial charge in [-0.05, 0) is 37.1 Å². The summed E-state index contributed by atoms with van der Waals surface area (Å²) in [5.41, 5.74) is 5.32. The third kappa shape index (κ3) is 4.30. The van der Waals surface area contributed by atoms with Crippen molar-refractivity contribution in [1.82, 2.24) is 5.32 Å². The number of ether oxygens (including phenoxy) is 1. The maximum atomic E-state index is 12.7. The van der Waals surface area contributed by atoms with Gasteiger partial charge in [-0.25, -0.2) is 4.39 Å². The lowest BCUT2D eigenvalue weighted by Crippen LogP contribution is -2.47. The Morgan fingerprint density at radius 1 is 1.24 bits per heavy atom. The molecule has 0 spiro atoms. The third-order valence-corrected chi connectivity index (χ3v) is 3.33. The number of allylic oxidation sites excluding steroid dienone is 1. The van der Waals surface area contributed by atoms with E-state index >= 15 is 0 Å². The van der Waals surface area contributed by atoms with Crippen LogP contribution in [0, 0.1) is 11.7 Å². The zero-order valence-corrected chi connectivity index (χ0v) is 11.4. The van der Waals surface area contributed by atoms with Crippen molar-refractivity contribution in [2.24, 2.45) is 11.7 Å². The first-order valence-corrected chi connectivity index (χ1v) is 6.68. The quantitative estimate of drug-likeness (QED) is 0.799. The average molecular weight is 292 g/mol. The zero-order valence-electron chi connectivity index (χ0n) is 11.4. The maximum Gasteiger partial charge on any atom is 0.258 e. The Kier molecular flexibility index (Phi) is 4.92. The molecule has 0 unspecified atom stereocenters. The highest BCUT2D eigenvalue weighted by molar-refractivity contribution is 5.81. The molecule has 0 radical (unpaired) electrons. The standard InChI is InChI=1S/C15H17FN2O3/c16-10-5-7-11(8-6-10)21-9-14(19)18-13-4-2-1-3-12(13)15(17)20/h1-2,5-8,12-13H,3-4,9H2,(H2,17,20)(H,18,19)/t12-,13-/m1/s1. The molecule has 112 valence electrons. The molecule has 1 aromatic carbocycles. The van der Waals surface area contributed by atoms with Crippen molar-refractivity contribution in [1.29, 1.82) is 0 Å². The van der Waals surface area contributed by atoms with Crippen LogP contribution in [0.2, 0.25) is 0 Å². The Balaban J connectivity index is 1.85. The second-order valence-electron chi connectivity index (χ2n) is 4.87. The molecule has 2 atom stereocenters. The lowest BCUT2D eigenvalue weighted by Gasteiger charge is -2.26. The minimum Gasteiger partial charge on any atom is -0.484 e. The Morgan fingerprint density at radius 2 is 1.90 bits per heavy atom. The van der Waals surface area contributed by atoms with Crippen molar-refractivity contribution in [2.75, 3.05) is 6.61 Å². The van der Waals surface area contributed by atoms with Crippen molar-refractivity contribution in [2.45, 2.75) is 18.9 Å².